The summed E-state index contributed by atoms with van der Waals surface area (Å²) in [5.41, 5.74) is 0. The van der Waals surface area contributed by atoms with Gasteiger partial charge in [-0.3, -0.25) is 9.52 Å². The van der Waals surface area contributed by atoms with Crippen LogP contribution in [0.4, 0.5) is 0 Å². The van der Waals surface area contributed by atoms with Gasteiger partial charge in [0.05, 0.1) is 0 Å². The van der Waals surface area contributed by atoms with Crippen molar-refractivity contribution in [2.75, 3.05) is 0 Å². The molecular weight excluding hydrogens is 158 g/mol. The Morgan fingerprint density at radius 3 is 2.73 bits per heavy atom. The zero-order valence-corrected chi connectivity index (χ0v) is 6.94. The highest BCUT2D eigenvalue weighted by Crippen LogP contribution is 2.11. The van der Waals surface area contributed by atoms with Crippen LogP contribution in [0.25, 0.3) is 0 Å². The molecule has 0 unspecified atom stereocenters. The number of amides is 1. The van der Waals surface area contributed by atoms with E-state index in [1.165, 1.54) is 18.9 Å². The van der Waals surface area contributed by atoms with E-state index in [9.17, 15) is 4.79 Å². The van der Waals surface area contributed by atoms with Gasteiger partial charge in [0, 0.05) is 11.8 Å². The molecule has 1 radical (unpaired) electrons. The Hall–Kier alpha value is -0.960. The third kappa shape index (κ3) is 3.09. The van der Waals surface area contributed by atoms with Gasteiger partial charge in [-0.25, -0.2) is 0 Å². The molecule has 0 fully saturated rings. The fourth-order valence-corrected chi connectivity index (χ4v) is 1.10. The molecule has 3 heteroatoms. The molecule has 0 saturated heterocycles. The number of carbonyl (C=O) groups is 1. The van der Waals surface area contributed by atoms with E-state index in [0.717, 1.165) is 4.90 Å². The maximum Gasteiger partial charge on any atom is 0.226 e. The van der Waals surface area contributed by atoms with Gasteiger partial charge in [0.1, 0.15) is 0 Å². The molecule has 0 aliphatic carbocycles. The number of carbonyl (C=O) groups excluding carboxylic acids is 1. The highest BCUT2D eigenvalue weighted by Gasteiger charge is 1.92. The zero-order chi connectivity index (χ0) is 8.10. The van der Waals surface area contributed by atoms with Crippen LogP contribution in [0.2, 0.25) is 0 Å². The van der Waals surface area contributed by atoms with Crippen LogP contribution in [-0.2, 0) is 4.79 Å². The standard InChI is InChI=1S/C8H8NOS/c1-7(10)9-11-8-5-3-2-4-6-8/h3-6H,1H3,(H,9,10). The maximum atomic E-state index is 10.5. The third-order valence-electron chi connectivity index (χ3n) is 1.00. The van der Waals surface area contributed by atoms with Crippen molar-refractivity contribution < 1.29 is 4.79 Å². The van der Waals surface area contributed by atoms with Gasteiger partial charge < -0.3 is 0 Å². The Bertz CT molecular complexity index is 235. The quantitative estimate of drug-likeness (QED) is 0.676. The molecule has 1 aromatic rings. The van der Waals surface area contributed by atoms with Crippen molar-refractivity contribution in [3.63, 3.8) is 0 Å². The van der Waals surface area contributed by atoms with Gasteiger partial charge in [0.25, 0.3) is 0 Å². The Morgan fingerprint density at radius 2 is 2.18 bits per heavy atom. The maximum absolute atomic E-state index is 10.5. The molecule has 0 spiro atoms. The van der Waals surface area contributed by atoms with Crippen molar-refractivity contribution in [2.45, 2.75) is 11.8 Å². The molecule has 0 saturated carbocycles. The Kier molecular flexibility index (Phi) is 2.98. The summed E-state index contributed by atoms with van der Waals surface area (Å²) < 4.78 is 2.63. The summed E-state index contributed by atoms with van der Waals surface area (Å²) in [5.74, 6) is -0.0390. The van der Waals surface area contributed by atoms with Gasteiger partial charge in [0.2, 0.25) is 5.91 Å². The van der Waals surface area contributed by atoms with Crippen molar-refractivity contribution in [3.8, 4) is 0 Å². The first-order chi connectivity index (χ1) is 5.29. The van der Waals surface area contributed by atoms with E-state index in [1.807, 2.05) is 24.3 Å². The number of hydrogen-bond donors (Lipinski definition) is 1. The molecule has 0 aliphatic rings. The van der Waals surface area contributed by atoms with Crippen molar-refractivity contribution in [1.29, 1.82) is 0 Å². The first-order valence-corrected chi connectivity index (χ1v) is 4.00. The van der Waals surface area contributed by atoms with E-state index >= 15 is 0 Å². The molecule has 1 rings (SSSR count). The van der Waals surface area contributed by atoms with E-state index in [-0.39, 0.29) is 5.91 Å². The summed E-state index contributed by atoms with van der Waals surface area (Å²) in [5, 5.41) is 0. The summed E-state index contributed by atoms with van der Waals surface area (Å²) >= 11 is 1.31. The van der Waals surface area contributed by atoms with Crippen LogP contribution in [0, 0.1) is 6.07 Å². The molecule has 2 nitrogen and oxygen atoms in total. The molecule has 0 atom stereocenters. The van der Waals surface area contributed by atoms with Crippen LogP contribution in [-0.4, -0.2) is 5.91 Å². The van der Waals surface area contributed by atoms with E-state index < -0.39 is 0 Å². The zero-order valence-electron chi connectivity index (χ0n) is 6.13. The smallest absolute Gasteiger partial charge is 0.226 e. The molecule has 0 aromatic heterocycles. The highest BCUT2D eigenvalue weighted by atomic mass is 32.2. The fourth-order valence-electron chi connectivity index (χ4n) is 0.570. The number of hydrogen-bond acceptors (Lipinski definition) is 2. The lowest BCUT2D eigenvalue weighted by Crippen LogP contribution is -2.09. The molecule has 0 heterocycles. The molecular formula is C8H8NOS. The first kappa shape index (κ1) is 8.14. The van der Waals surface area contributed by atoms with E-state index in [4.69, 9.17) is 0 Å². The number of nitrogens with one attached hydrogen (secondary N) is 1. The summed E-state index contributed by atoms with van der Waals surface area (Å²) in [6.07, 6.45) is 0. The first-order valence-electron chi connectivity index (χ1n) is 3.18. The molecule has 11 heavy (non-hydrogen) atoms. The van der Waals surface area contributed by atoms with Crippen LogP contribution in [0.1, 0.15) is 6.92 Å². The van der Waals surface area contributed by atoms with Crippen molar-refractivity contribution in [2.24, 2.45) is 0 Å². The third-order valence-corrected chi connectivity index (χ3v) is 1.90. The van der Waals surface area contributed by atoms with E-state index in [1.54, 1.807) is 0 Å². The normalized spacial score (nSPS) is 9.18. The van der Waals surface area contributed by atoms with E-state index in [2.05, 4.69) is 10.8 Å². The lowest BCUT2D eigenvalue weighted by Gasteiger charge is -1.98. The lowest BCUT2D eigenvalue weighted by atomic mass is 10.4. The summed E-state index contributed by atoms with van der Waals surface area (Å²) in [7, 11) is 0. The minimum absolute atomic E-state index is 0.0390. The molecule has 1 aromatic carbocycles. The van der Waals surface area contributed by atoms with Crippen molar-refractivity contribution in [3.05, 3.63) is 30.3 Å². The predicted octanol–water partition coefficient (Wildman–Crippen LogP) is 1.63. The van der Waals surface area contributed by atoms with Crippen LogP contribution in [0.5, 0.6) is 0 Å². The van der Waals surface area contributed by atoms with Gasteiger partial charge in [-0.05, 0) is 30.1 Å². The van der Waals surface area contributed by atoms with Gasteiger partial charge in [0.15, 0.2) is 0 Å². The Labute approximate surface area is 70.1 Å². The summed E-state index contributed by atoms with van der Waals surface area (Å²) in [4.78, 5) is 11.5. The molecule has 0 bridgehead atoms. The second-order valence-electron chi connectivity index (χ2n) is 2.00. The van der Waals surface area contributed by atoms with Crippen LogP contribution in [0.15, 0.2) is 29.2 Å². The van der Waals surface area contributed by atoms with Gasteiger partial charge >= 0.3 is 0 Å². The highest BCUT2D eigenvalue weighted by molar-refractivity contribution is 7.98. The van der Waals surface area contributed by atoms with E-state index in [0.29, 0.717) is 0 Å². The predicted molar refractivity (Wildman–Crippen MR) is 45.0 cm³/mol. The SMILES string of the molecule is CC(=O)NSc1cc[c]cc1. The average Bonchev–Trinajstić information content (AvgIpc) is 2.03. The molecule has 1 N–H and O–H groups in total. The number of benzene rings is 1. The average molecular weight is 166 g/mol. The summed E-state index contributed by atoms with van der Waals surface area (Å²) in [6.45, 7) is 1.49. The molecule has 0 aliphatic heterocycles. The molecule has 57 valence electrons. The van der Waals surface area contributed by atoms with Gasteiger partial charge in [-0.15, -0.1) is 0 Å². The fraction of sp³-hybridized carbons (Fsp3) is 0.125. The van der Waals surface area contributed by atoms with Crippen LogP contribution < -0.4 is 4.72 Å². The minimum Gasteiger partial charge on any atom is -0.296 e. The van der Waals surface area contributed by atoms with Gasteiger partial charge in [-0.1, -0.05) is 12.1 Å². The van der Waals surface area contributed by atoms with Crippen molar-refractivity contribution >= 4 is 17.9 Å². The van der Waals surface area contributed by atoms with Gasteiger partial charge in [-0.2, -0.15) is 0 Å². The second kappa shape index (κ2) is 4.03. The number of rotatable bonds is 2. The largest absolute Gasteiger partial charge is 0.296 e. The second-order valence-corrected chi connectivity index (χ2v) is 2.88. The topological polar surface area (TPSA) is 29.1 Å². The summed E-state index contributed by atoms with van der Waals surface area (Å²) in [6, 6.07) is 10.3. The van der Waals surface area contributed by atoms with Crippen molar-refractivity contribution in [1.82, 2.24) is 4.72 Å². The van der Waals surface area contributed by atoms with Crippen LogP contribution in [0.3, 0.4) is 0 Å². The molecule has 1 amide bonds. The monoisotopic (exact) mass is 166 g/mol. The minimum atomic E-state index is -0.0390. The van der Waals surface area contributed by atoms with Crippen LogP contribution >= 0.6 is 11.9 Å². The lowest BCUT2D eigenvalue weighted by molar-refractivity contribution is -0.117. The Morgan fingerprint density at radius 1 is 1.55 bits per heavy atom. The Balaban J connectivity index is 2.45.